The van der Waals surface area contributed by atoms with E-state index in [0.29, 0.717) is 5.92 Å². The van der Waals surface area contributed by atoms with Gasteiger partial charge >= 0.3 is 0 Å². The smallest absolute Gasteiger partial charge is 0.0586 e. The van der Waals surface area contributed by atoms with Gasteiger partial charge in [0, 0.05) is 23.2 Å². The molecule has 6 rings (SSSR count). The quantitative estimate of drug-likeness (QED) is 0.242. The van der Waals surface area contributed by atoms with E-state index in [4.69, 9.17) is 0 Å². The van der Waals surface area contributed by atoms with Crippen LogP contribution in [-0.2, 0) is 6.54 Å². The fraction of sp³-hybridized carbons (Fsp3) is 0.257. The Morgan fingerprint density at radius 3 is 2.03 bits per heavy atom. The van der Waals surface area contributed by atoms with Crippen molar-refractivity contribution in [2.75, 3.05) is 13.1 Å². The van der Waals surface area contributed by atoms with Crippen LogP contribution in [0.15, 0.2) is 97.1 Å². The summed E-state index contributed by atoms with van der Waals surface area (Å²) in [5, 5.41) is 1.37. The highest BCUT2D eigenvalue weighted by atomic mass is 15.1. The molecule has 0 spiro atoms. The Hall–Kier alpha value is -3.62. The summed E-state index contributed by atoms with van der Waals surface area (Å²) in [6, 6.07) is 35.5. The van der Waals surface area contributed by atoms with Crippen LogP contribution in [0.3, 0.4) is 0 Å². The van der Waals surface area contributed by atoms with Gasteiger partial charge in [0.2, 0.25) is 0 Å². The lowest BCUT2D eigenvalue weighted by atomic mass is 9.84. The van der Waals surface area contributed by atoms with Crippen molar-refractivity contribution in [3.8, 4) is 16.9 Å². The Kier molecular flexibility index (Phi) is 6.44. The van der Waals surface area contributed by atoms with Gasteiger partial charge in [-0.05, 0) is 98.6 Å². The van der Waals surface area contributed by atoms with Crippen molar-refractivity contribution in [3.63, 3.8) is 0 Å². The molecule has 0 radical (unpaired) electrons. The molecule has 1 aliphatic rings. The molecule has 0 atom stereocenters. The molecule has 0 bridgehead atoms. The van der Waals surface area contributed by atoms with Gasteiger partial charge in [0.15, 0.2) is 0 Å². The third-order valence-corrected chi connectivity index (χ3v) is 8.21. The number of hydrogen-bond donors (Lipinski definition) is 0. The molecule has 2 heterocycles. The van der Waals surface area contributed by atoms with E-state index < -0.39 is 0 Å². The molecule has 0 N–H and O–H groups in total. The molecular formula is C35H36N2. The average Bonchev–Trinajstić information content (AvgIpc) is 3.23. The number of piperidine rings is 1. The number of benzene rings is 4. The molecule has 37 heavy (non-hydrogen) atoms. The minimum absolute atomic E-state index is 0.666. The maximum Gasteiger partial charge on any atom is 0.0586 e. The Labute approximate surface area is 221 Å². The molecule has 1 aromatic heterocycles. The molecule has 0 amide bonds. The molecule has 0 aliphatic carbocycles. The van der Waals surface area contributed by atoms with E-state index in [-0.39, 0.29) is 0 Å². The fourth-order valence-electron chi connectivity index (χ4n) is 6.44. The zero-order chi connectivity index (χ0) is 25.4. The first-order valence-electron chi connectivity index (χ1n) is 13.6. The minimum Gasteiger partial charge on any atom is -0.309 e. The molecule has 0 unspecified atom stereocenters. The first-order valence-corrected chi connectivity index (χ1v) is 13.6. The van der Waals surface area contributed by atoms with Crippen LogP contribution in [0.25, 0.3) is 27.8 Å². The number of nitrogens with zero attached hydrogens (tertiary/aromatic N) is 2. The molecule has 2 heteroatoms. The van der Waals surface area contributed by atoms with Gasteiger partial charge in [-0.2, -0.15) is 0 Å². The molecule has 2 nitrogen and oxygen atoms in total. The van der Waals surface area contributed by atoms with Gasteiger partial charge in [-0.3, -0.25) is 4.90 Å². The van der Waals surface area contributed by atoms with Crippen molar-refractivity contribution >= 4 is 10.9 Å². The van der Waals surface area contributed by atoms with E-state index in [1.165, 1.54) is 62.9 Å². The summed E-state index contributed by atoms with van der Waals surface area (Å²) in [5.74, 6) is 0.666. The fourth-order valence-corrected chi connectivity index (χ4v) is 6.44. The molecule has 1 saturated heterocycles. The van der Waals surface area contributed by atoms with Crippen molar-refractivity contribution in [1.29, 1.82) is 0 Å². The van der Waals surface area contributed by atoms with Gasteiger partial charge in [-0.15, -0.1) is 0 Å². The monoisotopic (exact) mass is 484 g/mol. The van der Waals surface area contributed by atoms with Gasteiger partial charge in [0.05, 0.1) is 11.2 Å². The van der Waals surface area contributed by atoms with E-state index >= 15 is 0 Å². The maximum absolute atomic E-state index is 2.68. The third kappa shape index (κ3) is 4.51. The van der Waals surface area contributed by atoms with Gasteiger partial charge < -0.3 is 4.57 Å². The van der Waals surface area contributed by atoms with Crippen LogP contribution < -0.4 is 0 Å². The van der Waals surface area contributed by atoms with E-state index in [1.807, 2.05) is 0 Å². The van der Waals surface area contributed by atoms with Gasteiger partial charge in [0.1, 0.15) is 0 Å². The zero-order valence-corrected chi connectivity index (χ0v) is 22.2. The third-order valence-electron chi connectivity index (χ3n) is 8.21. The molecule has 4 aromatic carbocycles. The Morgan fingerprint density at radius 1 is 0.703 bits per heavy atom. The second kappa shape index (κ2) is 10.0. The molecule has 1 fully saturated rings. The van der Waals surface area contributed by atoms with Crippen LogP contribution in [0.2, 0.25) is 0 Å². The Balaban J connectivity index is 1.41. The van der Waals surface area contributed by atoms with Crippen LogP contribution in [0, 0.1) is 20.8 Å². The largest absolute Gasteiger partial charge is 0.309 e. The highest BCUT2D eigenvalue weighted by Crippen LogP contribution is 2.39. The van der Waals surface area contributed by atoms with Crippen molar-refractivity contribution in [2.45, 2.75) is 46.1 Å². The van der Waals surface area contributed by atoms with E-state index in [2.05, 4.69) is 127 Å². The number of rotatable bonds is 5. The van der Waals surface area contributed by atoms with Gasteiger partial charge in [-0.25, -0.2) is 0 Å². The zero-order valence-electron chi connectivity index (χ0n) is 22.2. The number of fused-ring (bicyclic) bond motifs is 1. The lowest BCUT2D eigenvalue weighted by Crippen LogP contribution is -2.33. The summed E-state index contributed by atoms with van der Waals surface area (Å²) in [5.41, 5.74) is 12.3. The lowest BCUT2D eigenvalue weighted by Gasteiger charge is -2.33. The van der Waals surface area contributed by atoms with Crippen molar-refractivity contribution in [3.05, 3.63) is 125 Å². The summed E-state index contributed by atoms with van der Waals surface area (Å²) in [6.07, 6.45) is 2.45. The predicted octanol–water partition coefficient (Wildman–Crippen LogP) is 8.60. The highest BCUT2D eigenvalue weighted by Gasteiger charge is 2.26. The summed E-state index contributed by atoms with van der Waals surface area (Å²) in [7, 11) is 0. The van der Waals surface area contributed by atoms with Crippen molar-refractivity contribution < 1.29 is 0 Å². The standard InChI is InChI=1S/C35H36N2/c1-25-17-18-31-32(24-36-21-19-28(20-22-36)34-26(2)11-10-12-27(34)3)35(29-13-6-4-7-14-29)37(33(31)23-25)30-15-8-5-9-16-30/h4-18,23,28H,19-22,24H2,1-3H3. The number of likely N-dealkylation sites (tertiary alicyclic amines) is 1. The second-order valence-corrected chi connectivity index (χ2v) is 10.7. The lowest BCUT2D eigenvalue weighted by molar-refractivity contribution is 0.205. The molecule has 1 aliphatic heterocycles. The number of aryl methyl sites for hydroxylation is 3. The predicted molar refractivity (Wildman–Crippen MR) is 157 cm³/mol. The first kappa shape index (κ1) is 23.8. The normalized spacial score (nSPS) is 14.9. The van der Waals surface area contributed by atoms with Crippen molar-refractivity contribution in [1.82, 2.24) is 9.47 Å². The molecule has 0 saturated carbocycles. The number of aromatic nitrogens is 1. The van der Waals surface area contributed by atoms with E-state index in [9.17, 15) is 0 Å². The number of para-hydroxylation sites is 1. The summed E-state index contributed by atoms with van der Waals surface area (Å²) in [6.45, 7) is 10.0. The molecular weight excluding hydrogens is 448 g/mol. The van der Waals surface area contributed by atoms with Crippen LogP contribution in [0.4, 0.5) is 0 Å². The van der Waals surface area contributed by atoms with Crippen molar-refractivity contribution in [2.24, 2.45) is 0 Å². The van der Waals surface area contributed by atoms with Crippen LogP contribution in [0.5, 0.6) is 0 Å². The average molecular weight is 485 g/mol. The van der Waals surface area contributed by atoms with Crippen LogP contribution >= 0.6 is 0 Å². The van der Waals surface area contributed by atoms with E-state index in [0.717, 1.165) is 19.6 Å². The Morgan fingerprint density at radius 2 is 1.35 bits per heavy atom. The van der Waals surface area contributed by atoms with Crippen LogP contribution in [0.1, 0.15) is 46.6 Å². The van der Waals surface area contributed by atoms with Gasteiger partial charge in [0.25, 0.3) is 0 Å². The summed E-state index contributed by atoms with van der Waals surface area (Å²) >= 11 is 0. The molecule has 5 aromatic rings. The van der Waals surface area contributed by atoms with Crippen LogP contribution in [-0.4, -0.2) is 22.6 Å². The number of hydrogen-bond acceptors (Lipinski definition) is 1. The minimum atomic E-state index is 0.666. The highest BCUT2D eigenvalue weighted by molar-refractivity contribution is 5.94. The second-order valence-electron chi connectivity index (χ2n) is 10.7. The SMILES string of the molecule is Cc1ccc2c(CN3CCC(c4c(C)cccc4C)CC3)c(-c3ccccc3)n(-c3ccccc3)c2c1. The van der Waals surface area contributed by atoms with E-state index in [1.54, 1.807) is 5.56 Å². The first-order chi connectivity index (χ1) is 18.1. The Bertz CT molecular complexity index is 1500. The summed E-state index contributed by atoms with van der Waals surface area (Å²) in [4.78, 5) is 2.68. The summed E-state index contributed by atoms with van der Waals surface area (Å²) < 4.78 is 2.48. The topological polar surface area (TPSA) is 8.17 Å². The maximum atomic E-state index is 2.68. The molecule has 186 valence electrons. The van der Waals surface area contributed by atoms with Gasteiger partial charge in [-0.1, -0.05) is 78.9 Å².